The number of nitrogens with zero attached hydrogens (tertiary/aromatic N) is 1. The van der Waals surface area contributed by atoms with Crippen molar-refractivity contribution in [2.45, 2.75) is 76.8 Å². The second-order valence-corrected chi connectivity index (χ2v) is 10.4. The standard InChI is InChI=1S/C18H28N2O2S/c1-16(2)11-5-7-17(16,3)13(9-11)19-15(22)12-10-23-18(4)8-6-14(21)20(12)18/h11-13H,5-10H2,1-4H3,(H,19,22)/t11-,12+,13-,17+,18+/m1/s1. The summed E-state index contributed by atoms with van der Waals surface area (Å²) in [4.78, 5) is 26.9. The molecule has 2 aliphatic carbocycles. The van der Waals surface area contributed by atoms with Crippen molar-refractivity contribution in [1.29, 1.82) is 0 Å². The number of carbonyl (C=O) groups excluding carboxylic acids is 2. The molecule has 0 aromatic rings. The van der Waals surface area contributed by atoms with Crippen molar-refractivity contribution < 1.29 is 9.59 Å². The van der Waals surface area contributed by atoms with E-state index in [1.807, 2.05) is 4.90 Å². The highest BCUT2D eigenvalue weighted by Crippen LogP contribution is 2.65. The minimum Gasteiger partial charge on any atom is -0.351 e. The summed E-state index contributed by atoms with van der Waals surface area (Å²) < 4.78 is 0. The van der Waals surface area contributed by atoms with Crippen LogP contribution in [0, 0.1) is 16.7 Å². The number of carbonyl (C=O) groups is 2. The van der Waals surface area contributed by atoms with Gasteiger partial charge in [-0.2, -0.15) is 0 Å². The Morgan fingerprint density at radius 1 is 1.26 bits per heavy atom. The third-order valence-electron chi connectivity index (χ3n) is 7.86. The monoisotopic (exact) mass is 336 g/mol. The van der Waals surface area contributed by atoms with Crippen molar-refractivity contribution in [3.05, 3.63) is 0 Å². The Labute approximate surface area is 143 Å². The highest BCUT2D eigenvalue weighted by atomic mass is 32.2. The fourth-order valence-corrected chi connectivity index (χ4v) is 7.14. The highest BCUT2D eigenvalue weighted by molar-refractivity contribution is 8.01. The molecule has 2 amide bonds. The van der Waals surface area contributed by atoms with E-state index in [-0.39, 0.29) is 34.2 Å². The molecule has 2 aliphatic heterocycles. The lowest BCUT2D eigenvalue weighted by Crippen LogP contribution is -2.55. The Bertz CT molecular complexity index is 577. The second kappa shape index (κ2) is 4.68. The molecule has 0 spiro atoms. The van der Waals surface area contributed by atoms with E-state index in [9.17, 15) is 9.59 Å². The molecule has 2 saturated heterocycles. The van der Waals surface area contributed by atoms with E-state index in [0.717, 1.165) is 24.5 Å². The van der Waals surface area contributed by atoms with Gasteiger partial charge >= 0.3 is 0 Å². The van der Waals surface area contributed by atoms with Crippen LogP contribution in [-0.2, 0) is 9.59 Å². The smallest absolute Gasteiger partial charge is 0.243 e. The van der Waals surface area contributed by atoms with Gasteiger partial charge in [0.15, 0.2) is 0 Å². The van der Waals surface area contributed by atoms with Gasteiger partial charge in [-0.25, -0.2) is 0 Å². The number of thioether (sulfide) groups is 1. The summed E-state index contributed by atoms with van der Waals surface area (Å²) in [5, 5.41) is 3.35. The molecule has 0 aromatic carbocycles. The zero-order valence-electron chi connectivity index (χ0n) is 14.6. The summed E-state index contributed by atoms with van der Waals surface area (Å²) in [6.45, 7) is 9.18. The molecule has 23 heavy (non-hydrogen) atoms. The van der Waals surface area contributed by atoms with Gasteiger partial charge in [0.05, 0.1) is 4.87 Å². The molecule has 4 fully saturated rings. The molecule has 2 heterocycles. The predicted octanol–water partition coefficient (Wildman–Crippen LogP) is 2.77. The van der Waals surface area contributed by atoms with Gasteiger partial charge in [-0.1, -0.05) is 20.8 Å². The normalized spacial score (nSPS) is 47.2. The van der Waals surface area contributed by atoms with Gasteiger partial charge in [0.2, 0.25) is 11.8 Å². The second-order valence-electron chi connectivity index (χ2n) is 8.94. The van der Waals surface area contributed by atoms with E-state index in [4.69, 9.17) is 0 Å². The molecule has 0 aromatic heterocycles. The van der Waals surface area contributed by atoms with Crippen molar-refractivity contribution in [3.63, 3.8) is 0 Å². The Hall–Kier alpha value is -0.710. The first-order valence-electron chi connectivity index (χ1n) is 8.95. The van der Waals surface area contributed by atoms with E-state index in [2.05, 4.69) is 33.0 Å². The molecule has 5 heteroatoms. The average molecular weight is 337 g/mol. The van der Waals surface area contributed by atoms with E-state index in [1.165, 1.54) is 12.8 Å². The van der Waals surface area contributed by atoms with Crippen LogP contribution in [0.3, 0.4) is 0 Å². The lowest BCUT2D eigenvalue weighted by atomic mass is 9.69. The summed E-state index contributed by atoms with van der Waals surface area (Å²) in [6.07, 6.45) is 5.05. The van der Waals surface area contributed by atoms with Crippen molar-refractivity contribution >= 4 is 23.6 Å². The van der Waals surface area contributed by atoms with Gasteiger partial charge in [0.25, 0.3) is 0 Å². The molecule has 4 rings (SSSR count). The average Bonchev–Trinajstić information content (AvgIpc) is 3.09. The molecule has 0 radical (unpaired) electrons. The van der Waals surface area contributed by atoms with Crippen LogP contribution < -0.4 is 5.32 Å². The van der Waals surface area contributed by atoms with Crippen LogP contribution in [-0.4, -0.2) is 39.4 Å². The quantitative estimate of drug-likeness (QED) is 0.843. The molecule has 2 saturated carbocycles. The topological polar surface area (TPSA) is 49.4 Å². The number of hydrogen-bond donors (Lipinski definition) is 1. The highest BCUT2D eigenvalue weighted by Gasteiger charge is 2.62. The lowest BCUT2D eigenvalue weighted by Gasteiger charge is -2.40. The Kier molecular flexibility index (Phi) is 3.21. The maximum Gasteiger partial charge on any atom is 0.243 e. The minimum absolute atomic E-state index is 0.0750. The van der Waals surface area contributed by atoms with Gasteiger partial charge < -0.3 is 10.2 Å². The van der Waals surface area contributed by atoms with Crippen molar-refractivity contribution in [3.8, 4) is 0 Å². The maximum absolute atomic E-state index is 12.9. The van der Waals surface area contributed by atoms with Crippen LogP contribution in [0.5, 0.6) is 0 Å². The Morgan fingerprint density at radius 2 is 2.00 bits per heavy atom. The SMILES string of the molecule is CC1(C)[C@@H]2CC[C@@]1(C)[C@H](NC(=O)[C@@H]1CS[C@@]3(C)CCC(=O)N13)C2. The summed E-state index contributed by atoms with van der Waals surface area (Å²) in [6, 6.07) is -0.0100. The first-order chi connectivity index (χ1) is 10.7. The largest absolute Gasteiger partial charge is 0.351 e. The van der Waals surface area contributed by atoms with Crippen LogP contribution >= 0.6 is 11.8 Å². The maximum atomic E-state index is 12.9. The lowest BCUT2D eigenvalue weighted by molar-refractivity contribution is -0.138. The van der Waals surface area contributed by atoms with E-state index >= 15 is 0 Å². The molecular weight excluding hydrogens is 308 g/mol. The fraction of sp³-hybridized carbons (Fsp3) is 0.889. The van der Waals surface area contributed by atoms with Crippen molar-refractivity contribution in [2.75, 3.05) is 5.75 Å². The zero-order chi connectivity index (χ0) is 16.6. The van der Waals surface area contributed by atoms with Crippen LogP contribution in [0.25, 0.3) is 0 Å². The first-order valence-corrected chi connectivity index (χ1v) is 9.94. The van der Waals surface area contributed by atoms with Gasteiger partial charge in [-0.3, -0.25) is 9.59 Å². The number of nitrogens with one attached hydrogen (secondary N) is 1. The van der Waals surface area contributed by atoms with Crippen LogP contribution in [0.15, 0.2) is 0 Å². The number of rotatable bonds is 2. The van der Waals surface area contributed by atoms with E-state index < -0.39 is 0 Å². The Balaban J connectivity index is 1.51. The summed E-state index contributed by atoms with van der Waals surface area (Å²) in [5.41, 5.74) is 0.491. The molecule has 4 aliphatic rings. The summed E-state index contributed by atoms with van der Waals surface area (Å²) >= 11 is 1.77. The number of hydrogen-bond acceptors (Lipinski definition) is 3. The van der Waals surface area contributed by atoms with Crippen molar-refractivity contribution in [1.82, 2.24) is 10.2 Å². The molecule has 128 valence electrons. The third kappa shape index (κ3) is 1.92. The minimum atomic E-state index is -0.272. The molecule has 0 unspecified atom stereocenters. The summed E-state index contributed by atoms with van der Waals surface area (Å²) in [5.74, 6) is 1.68. The molecule has 4 nitrogen and oxygen atoms in total. The number of amides is 2. The zero-order valence-corrected chi connectivity index (χ0v) is 15.5. The van der Waals surface area contributed by atoms with E-state index in [0.29, 0.717) is 11.8 Å². The van der Waals surface area contributed by atoms with Crippen LogP contribution in [0.4, 0.5) is 0 Å². The van der Waals surface area contributed by atoms with Crippen molar-refractivity contribution in [2.24, 2.45) is 16.7 Å². The van der Waals surface area contributed by atoms with Crippen LogP contribution in [0.1, 0.15) is 59.8 Å². The van der Waals surface area contributed by atoms with Gasteiger partial charge in [0.1, 0.15) is 6.04 Å². The summed E-state index contributed by atoms with van der Waals surface area (Å²) in [7, 11) is 0. The molecule has 1 N–H and O–H groups in total. The fourth-order valence-electron chi connectivity index (χ4n) is 5.70. The van der Waals surface area contributed by atoms with Gasteiger partial charge in [-0.05, 0) is 49.4 Å². The predicted molar refractivity (Wildman–Crippen MR) is 91.9 cm³/mol. The third-order valence-corrected chi connectivity index (χ3v) is 9.36. The van der Waals surface area contributed by atoms with Gasteiger partial charge in [-0.15, -0.1) is 11.8 Å². The molecular formula is C18H28N2O2S. The van der Waals surface area contributed by atoms with E-state index in [1.54, 1.807) is 11.8 Å². The molecule has 2 bridgehead atoms. The van der Waals surface area contributed by atoms with Crippen LogP contribution in [0.2, 0.25) is 0 Å². The molecule has 5 atom stereocenters. The number of fused-ring (bicyclic) bond motifs is 3. The Morgan fingerprint density at radius 3 is 2.61 bits per heavy atom. The first kappa shape index (κ1) is 15.8. The van der Waals surface area contributed by atoms with Gasteiger partial charge in [0, 0.05) is 18.2 Å².